The molecule has 0 spiro atoms. The molecule has 0 saturated carbocycles. The minimum absolute atomic E-state index is 0.952. The molecule has 15 heavy (non-hydrogen) atoms. The largest absolute Gasteiger partial charge is 0.303 e. The lowest BCUT2D eigenvalue weighted by molar-refractivity contribution is 0.153. The summed E-state index contributed by atoms with van der Waals surface area (Å²) in [4.78, 5) is 2.70. The number of rotatable bonds is 6. The molecular formula is C14H29N. The van der Waals surface area contributed by atoms with Crippen molar-refractivity contribution in [2.45, 2.75) is 59.3 Å². The van der Waals surface area contributed by atoms with Gasteiger partial charge < -0.3 is 4.90 Å². The molecule has 1 fully saturated rings. The Balaban J connectivity index is 2.21. The van der Waals surface area contributed by atoms with E-state index >= 15 is 0 Å². The van der Waals surface area contributed by atoms with E-state index in [1.54, 1.807) is 0 Å². The zero-order valence-electron chi connectivity index (χ0n) is 11.0. The Morgan fingerprint density at radius 2 is 1.80 bits per heavy atom. The molecule has 0 aromatic carbocycles. The van der Waals surface area contributed by atoms with Gasteiger partial charge in [-0.2, -0.15) is 0 Å². The van der Waals surface area contributed by atoms with E-state index < -0.39 is 0 Å². The summed E-state index contributed by atoms with van der Waals surface area (Å²) < 4.78 is 0. The highest BCUT2D eigenvalue weighted by Crippen LogP contribution is 2.22. The van der Waals surface area contributed by atoms with Crippen molar-refractivity contribution in [1.29, 1.82) is 0 Å². The minimum atomic E-state index is 0.952. The Hall–Kier alpha value is -0.0400. The maximum atomic E-state index is 2.70. The summed E-state index contributed by atoms with van der Waals surface area (Å²) in [5.74, 6) is 1.97. The van der Waals surface area contributed by atoms with E-state index in [4.69, 9.17) is 0 Å². The Bertz CT molecular complexity index is 147. The number of nitrogens with zero attached hydrogens (tertiary/aromatic N) is 1. The summed E-state index contributed by atoms with van der Waals surface area (Å²) in [6.07, 6.45) is 8.41. The van der Waals surface area contributed by atoms with Crippen LogP contribution in [0.1, 0.15) is 59.3 Å². The Morgan fingerprint density at radius 3 is 2.27 bits per heavy atom. The molecule has 90 valence electrons. The van der Waals surface area contributed by atoms with Crippen LogP contribution in [0.3, 0.4) is 0 Å². The summed E-state index contributed by atoms with van der Waals surface area (Å²) in [7, 11) is 0. The van der Waals surface area contributed by atoms with Gasteiger partial charge in [-0.25, -0.2) is 0 Å². The van der Waals surface area contributed by atoms with Crippen molar-refractivity contribution in [1.82, 2.24) is 4.90 Å². The van der Waals surface area contributed by atoms with Gasteiger partial charge in [-0.1, -0.05) is 40.0 Å². The molecule has 1 aliphatic heterocycles. The molecule has 1 nitrogen and oxygen atoms in total. The van der Waals surface area contributed by atoms with E-state index in [0.717, 1.165) is 11.8 Å². The van der Waals surface area contributed by atoms with Crippen LogP contribution in [0.5, 0.6) is 0 Å². The highest BCUT2D eigenvalue weighted by atomic mass is 15.1. The maximum Gasteiger partial charge on any atom is 0.000956 e. The fourth-order valence-corrected chi connectivity index (χ4v) is 2.78. The monoisotopic (exact) mass is 211 g/mol. The molecule has 0 aromatic rings. The van der Waals surface area contributed by atoms with Gasteiger partial charge in [0.25, 0.3) is 0 Å². The average Bonchev–Trinajstić information content (AvgIpc) is 2.29. The molecule has 1 rings (SSSR count). The number of likely N-dealkylation sites (tertiary alicyclic amines) is 1. The molecule has 0 amide bonds. The van der Waals surface area contributed by atoms with Crippen LogP contribution in [0.2, 0.25) is 0 Å². The quantitative estimate of drug-likeness (QED) is 0.643. The van der Waals surface area contributed by atoms with Crippen LogP contribution in [0.15, 0.2) is 0 Å². The van der Waals surface area contributed by atoms with Crippen molar-refractivity contribution in [2.75, 3.05) is 19.6 Å². The average molecular weight is 211 g/mol. The van der Waals surface area contributed by atoms with Gasteiger partial charge in [-0.15, -0.1) is 0 Å². The number of hydrogen-bond donors (Lipinski definition) is 0. The van der Waals surface area contributed by atoms with Gasteiger partial charge in [0, 0.05) is 6.54 Å². The molecule has 1 heteroatoms. The van der Waals surface area contributed by atoms with Crippen LogP contribution in [0, 0.1) is 11.8 Å². The summed E-state index contributed by atoms with van der Waals surface area (Å²) >= 11 is 0. The molecule has 0 aliphatic carbocycles. The summed E-state index contributed by atoms with van der Waals surface area (Å²) in [5, 5.41) is 0. The fraction of sp³-hybridized carbons (Fsp3) is 1.00. The van der Waals surface area contributed by atoms with E-state index in [1.807, 2.05) is 0 Å². The highest BCUT2D eigenvalue weighted by Gasteiger charge is 2.19. The molecule has 0 N–H and O–H groups in total. The van der Waals surface area contributed by atoms with E-state index in [-0.39, 0.29) is 0 Å². The Kier molecular flexibility index (Phi) is 6.31. The van der Waals surface area contributed by atoms with Crippen molar-refractivity contribution in [3.63, 3.8) is 0 Å². The smallest absolute Gasteiger partial charge is 0.000956 e. The van der Waals surface area contributed by atoms with Crippen LogP contribution < -0.4 is 0 Å². The second kappa shape index (κ2) is 7.27. The second-order valence-electron chi connectivity index (χ2n) is 5.22. The lowest BCUT2D eigenvalue weighted by atomic mass is 9.93. The molecule has 1 heterocycles. The van der Waals surface area contributed by atoms with Crippen LogP contribution in [0.25, 0.3) is 0 Å². The van der Waals surface area contributed by atoms with Gasteiger partial charge in [-0.05, 0) is 44.2 Å². The van der Waals surface area contributed by atoms with E-state index in [1.165, 1.54) is 58.2 Å². The number of piperidine rings is 1. The number of hydrogen-bond acceptors (Lipinski definition) is 1. The zero-order valence-corrected chi connectivity index (χ0v) is 11.0. The van der Waals surface area contributed by atoms with Crippen LogP contribution in [-0.2, 0) is 0 Å². The third-order valence-electron chi connectivity index (χ3n) is 4.08. The Morgan fingerprint density at radius 1 is 1.13 bits per heavy atom. The van der Waals surface area contributed by atoms with Crippen molar-refractivity contribution in [2.24, 2.45) is 11.8 Å². The summed E-state index contributed by atoms with van der Waals surface area (Å²) in [6.45, 7) is 11.1. The minimum Gasteiger partial charge on any atom is -0.303 e. The second-order valence-corrected chi connectivity index (χ2v) is 5.22. The van der Waals surface area contributed by atoms with E-state index in [9.17, 15) is 0 Å². The lowest BCUT2D eigenvalue weighted by Crippen LogP contribution is -2.36. The van der Waals surface area contributed by atoms with Crippen molar-refractivity contribution >= 4 is 0 Å². The lowest BCUT2D eigenvalue weighted by Gasteiger charge is -2.33. The first-order chi connectivity index (χ1) is 7.30. The summed E-state index contributed by atoms with van der Waals surface area (Å²) in [6, 6.07) is 0. The van der Waals surface area contributed by atoms with E-state index in [2.05, 4.69) is 25.7 Å². The molecule has 1 unspecified atom stereocenters. The van der Waals surface area contributed by atoms with E-state index in [0.29, 0.717) is 0 Å². The topological polar surface area (TPSA) is 3.24 Å². The van der Waals surface area contributed by atoms with Gasteiger partial charge in [0.15, 0.2) is 0 Å². The van der Waals surface area contributed by atoms with Gasteiger partial charge in [0.2, 0.25) is 0 Å². The summed E-state index contributed by atoms with van der Waals surface area (Å²) in [5.41, 5.74) is 0. The fourth-order valence-electron chi connectivity index (χ4n) is 2.78. The van der Waals surface area contributed by atoms with Crippen LogP contribution >= 0.6 is 0 Å². The normalized spacial score (nSPS) is 21.8. The third kappa shape index (κ3) is 4.55. The molecule has 0 bridgehead atoms. The van der Waals surface area contributed by atoms with Gasteiger partial charge in [-0.3, -0.25) is 0 Å². The maximum absolute atomic E-state index is 2.70. The third-order valence-corrected chi connectivity index (χ3v) is 4.08. The molecule has 1 saturated heterocycles. The van der Waals surface area contributed by atoms with Crippen LogP contribution in [0.4, 0.5) is 0 Å². The first-order valence-corrected chi connectivity index (χ1v) is 7.02. The molecule has 1 aliphatic rings. The van der Waals surface area contributed by atoms with Gasteiger partial charge in [0.05, 0.1) is 0 Å². The first-order valence-electron chi connectivity index (χ1n) is 7.02. The van der Waals surface area contributed by atoms with Crippen molar-refractivity contribution in [3.8, 4) is 0 Å². The standard InChI is InChI=1S/C14H29N/c1-4-7-14(6-3)12-15-10-8-13(5-2)9-11-15/h13-14H,4-12H2,1-3H3. The SMILES string of the molecule is CCCC(CC)CN1CCC(CC)CC1. The first kappa shape index (κ1) is 13.0. The molecule has 0 radical (unpaired) electrons. The van der Waals surface area contributed by atoms with Gasteiger partial charge in [0.1, 0.15) is 0 Å². The predicted molar refractivity (Wildman–Crippen MR) is 68.1 cm³/mol. The highest BCUT2D eigenvalue weighted by molar-refractivity contribution is 4.73. The Labute approximate surface area is 96.2 Å². The molecule has 0 aromatic heterocycles. The van der Waals surface area contributed by atoms with Crippen molar-refractivity contribution in [3.05, 3.63) is 0 Å². The zero-order chi connectivity index (χ0) is 11.1. The van der Waals surface area contributed by atoms with Gasteiger partial charge >= 0.3 is 0 Å². The van der Waals surface area contributed by atoms with Crippen molar-refractivity contribution < 1.29 is 0 Å². The molecular weight excluding hydrogens is 182 g/mol. The molecule has 1 atom stereocenters. The van der Waals surface area contributed by atoms with Crippen LogP contribution in [-0.4, -0.2) is 24.5 Å². The predicted octanol–water partition coefficient (Wildman–Crippen LogP) is 3.93.